The Hall–Kier alpha value is -0.300. The monoisotopic (exact) mass is 237 g/mol. The van der Waals surface area contributed by atoms with E-state index in [0.717, 1.165) is 12.5 Å². The topological polar surface area (TPSA) is 12.0 Å². The highest BCUT2D eigenvalue weighted by Crippen LogP contribution is 2.23. The van der Waals surface area contributed by atoms with Crippen molar-refractivity contribution in [2.75, 3.05) is 6.54 Å². The molecule has 1 unspecified atom stereocenters. The first-order chi connectivity index (χ1) is 8.24. The van der Waals surface area contributed by atoms with Gasteiger partial charge >= 0.3 is 0 Å². The van der Waals surface area contributed by atoms with Crippen molar-refractivity contribution in [3.63, 3.8) is 0 Å². The molecule has 0 aromatic rings. The Labute approximate surface area is 108 Å². The number of rotatable bonds is 6. The molecule has 0 amide bonds. The molecule has 1 aliphatic carbocycles. The quantitative estimate of drug-likeness (QED) is 0.661. The van der Waals surface area contributed by atoms with Crippen LogP contribution in [0.1, 0.15) is 72.1 Å². The standard InChI is InChI=1S/C16H31N/c1-4-12-17-16(13-14(2)3)15-10-8-6-5-7-9-11-15/h10,14,16-17H,4-9,11-13H2,1-3H3. The van der Waals surface area contributed by atoms with Crippen LogP contribution in [0, 0.1) is 5.92 Å². The fraction of sp³-hybridized carbons (Fsp3) is 0.875. The molecule has 1 rings (SSSR count). The summed E-state index contributed by atoms with van der Waals surface area (Å²) in [7, 11) is 0. The summed E-state index contributed by atoms with van der Waals surface area (Å²) in [6, 6.07) is 0.646. The second-order valence-electron chi connectivity index (χ2n) is 5.87. The highest BCUT2D eigenvalue weighted by atomic mass is 14.9. The molecule has 0 saturated heterocycles. The Morgan fingerprint density at radius 3 is 2.65 bits per heavy atom. The molecule has 0 saturated carbocycles. The summed E-state index contributed by atoms with van der Waals surface area (Å²) in [5.41, 5.74) is 1.70. The van der Waals surface area contributed by atoms with E-state index in [9.17, 15) is 0 Å². The molecule has 0 spiro atoms. The van der Waals surface area contributed by atoms with Gasteiger partial charge in [0.15, 0.2) is 0 Å². The van der Waals surface area contributed by atoms with Crippen LogP contribution in [0.3, 0.4) is 0 Å². The van der Waals surface area contributed by atoms with Crippen molar-refractivity contribution >= 4 is 0 Å². The summed E-state index contributed by atoms with van der Waals surface area (Å²) in [5.74, 6) is 0.788. The molecule has 0 aliphatic heterocycles. The van der Waals surface area contributed by atoms with Gasteiger partial charge in [0.05, 0.1) is 0 Å². The zero-order valence-corrected chi connectivity index (χ0v) is 12.1. The van der Waals surface area contributed by atoms with E-state index in [0.29, 0.717) is 6.04 Å². The van der Waals surface area contributed by atoms with Gasteiger partial charge in [-0.1, -0.05) is 45.3 Å². The number of nitrogens with one attached hydrogen (secondary N) is 1. The predicted octanol–water partition coefficient (Wildman–Crippen LogP) is 4.68. The molecular formula is C16H31N. The SMILES string of the molecule is CCCNC(CC(C)C)C1=CCCCCCC1. The van der Waals surface area contributed by atoms with Crippen LogP contribution in [0.5, 0.6) is 0 Å². The van der Waals surface area contributed by atoms with Crippen LogP contribution in [-0.2, 0) is 0 Å². The third-order valence-corrected chi connectivity index (χ3v) is 3.62. The first-order valence-corrected chi connectivity index (χ1v) is 7.66. The van der Waals surface area contributed by atoms with Crippen LogP contribution in [-0.4, -0.2) is 12.6 Å². The molecule has 0 aromatic carbocycles. The van der Waals surface area contributed by atoms with Crippen molar-refractivity contribution in [1.29, 1.82) is 0 Å². The lowest BCUT2D eigenvalue weighted by Crippen LogP contribution is -2.33. The van der Waals surface area contributed by atoms with Crippen LogP contribution >= 0.6 is 0 Å². The fourth-order valence-electron chi connectivity index (χ4n) is 2.69. The minimum Gasteiger partial charge on any atom is -0.310 e. The molecular weight excluding hydrogens is 206 g/mol. The minimum absolute atomic E-state index is 0.646. The van der Waals surface area contributed by atoms with Crippen molar-refractivity contribution in [1.82, 2.24) is 5.32 Å². The lowest BCUT2D eigenvalue weighted by molar-refractivity contribution is 0.441. The Morgan fingerprint density at radius 1 is 1.18 bits per heavy atom. The van der Waals surface area contributed by atoms with E-state index in [1.807, 2.05) is 0 Å². The summed E-state index contributed by atoms with van der Waals surface area (Å²) in [6.07, 6.45) is 13.4. The van der Waals surface area contributed by atoms with E-state index in [-0.39, 0.29) is 0 Å². The second-order valence-corrected chi connectivity index (χ2v) is 5.87. The van der Waals surface area contributed by atoms with Crippen LogP contribution < -0.4 is 5.32 Å². The lowest BCUT2D eigenvalue weighted by atomic mass is 9.90. The average Bonchev–Trinajstić information content (AvgIpc) is 2.23. The second kappa shape index (κ2) is 8.74. The molecule has 17 heavy (non-hydrogen) atoms. The van der Waals surface area contributed by atoms with Gasteiger partial charge in [0, 0.05) is 6.04 Å². The summed E-state index contributed by atoms with van der Waals surface area (Å²) >= 11 is 0. The van der Waals surface area contributed by atoms with Gasteiger partial charge in [-0.2, -0.15) is 0 Å². The van der Waals surface area contributed by atoms with Gasteiger partial charge in [-0.15, -0.1) is 0 Å². The summed E-state index contributed by atoms with van der Waals surface area (Å²) < 4.78 is 0. The van der Waals surface area contributed by atoms with Gasteiger partial charge in [0.1, 0.15) is 0 Å². The van der Waals surface area contributed by atoms with Crippen molar-refractivity contribution < 1.29 is 0 Å². The molecule has 0 radical (unpaired) electrons. The maximum absolute atomic E-state index is 3.75. The number of allylic oxidation sites excluding steroid dienone is 1. The van der Waals surface area contributed by atoms with Gasteiger partial charge in [-0.3, -0.25) is 0 Å². The molecule has 0 fully saturated rings. The largest absolute Gasteiger partial charge is 0.310 e. The fourth-order valence-corrected chi connectivity index (χ4v) is 2.69. The van der Waals surface area contributed by atoms with Gasteiger partial charge < -0.3 is 5.32 Å². The number of hydrogen-bond acceptors (Lipinski definition) is 1. The van der Waals surface area contributed by atoms with Crippen molar-refractivity contribution in [3.8, 4) is 0 Å². The third kappa shape index (κ3) is 6.26. The number of hydrogen-bond donors (Lipinski definition) is 1. The summed E-state index contributed by atoms with van der Waals surface area (Å²) in [4.78, 5) is 0. The van der Waals surface area contributed by atoms with Gasteiger partial charge in [-0.25, -0.2) is 0 Å². The normalized spacial score (nSPS) is 19.6. The predicted molar refractivity (Wildman–Crippen MR) is 77.3 cm³/mol. The molecule has 1 heteroatoms. The Kier molecular flexibility index (Phi) is 7.59. The highest BCUT2D eigenvalue weighted by Gasteiger charge is 2.15. The smallest absolute Gasteiger partial charge is 0.0281 e. The summed E-state index contributed by atoms with van der Waals surface area (Å²) in [5, 5.41) is 3.75. The van der Waals surface area contributed by atoms with Crippen molar-refractivity contribution in [2.24, 2.45) is 5.92 Å². The van der Waals surface area contributed by atoms with E-state index in [2.05, 4.69) is 32.2 Å². The van der Waals surface area contributed by atoms with Crippen LogP contribution in [0.2, 0.25) is 0 Å². The first kappa shape index (κ1) is 14.8. The maximum atomic E-state index is 3.75. The molecule has 1 aliphatic rings. The Morgan fingerprint density at radius 2 is 1.94 bits per heavy atom. The van der Waals surface area contributed by atoms with Crippen molar-refractivity contribution in [2.45, 2.75) is 78.2 Å². The Balaban J connectivity index is 2.57. The summed E-state index contributed by atoms with van der Waals surface area (Å²) in [6.45, 7) is 8.09. The van der Waals surface area contributed by atoms with E-state index in [1.165, 1.54) is 51.4 Å². The molecule has 1 nitrogen and oxygen atoms in total. The van der Waals surface area contributed by atoms with Gasteiger partial charge in [0.2, 0.25) is 0 Å². The molecule has 100 valence electrons. The average molecular weight is 237 g/mol. The first-order valence-electron chi connectivity index (χ1n) is 7.66. The third-order valence-electron chi connectivity index (χ3n) is 3.62. The van der Waals surface area contributed by atoms with Crippen LogP contribution in [0.15, 0.2) is 11.6 Å². The van der Waals surface area contributed by atoms with Gasteiger partial charge in [-0.05, 0) is 51.0 Å². The molecule has 1 atom stereocenters. The van der Waals surface area contributed by atoms with E-state index in [4.69, 9.17) is 0 Å². The highest BCUT2D eigenvalue weighted by molar-refractivity contribution is 5.11. The molecule has 0 bridgehead atoms. The maximum Gasteiger partial charge on any atom is 0.0281 e. The lowest BCUT2D eigenvalue weighted by Gasteiger charge is -2.25. The van der Waals surface area contributed by atoms with E-state index >= 15 is 0 Å². The molecule has 0 heterocycles. The van der Waals surface area contributed by atoms with E-state index < -0.39 is 0 Å². The van der Waals surface area contributed by atoms with E-state index in [1.54, 1.807) is 5.57 Å². The van der Waals surface area contributed by atoms with Crippen LogP contribution in [0.25, 0.3) is 0 Å². The van der Waals surface area contributed by atoms with Gasteiger partial charge in [0.25, 0.3) is 0 Å². The van der Waals surface area contributed by atoms with Crippen LogP contribution in [0.4, 0.5) is 0 Å². The van der Waals surface area contributed by atoms with Crippen molar-refractivity contribution in [3.05, 3.63) is 11.6 Å². The zero-order chi connectivity index (χ0) is 12.5. The minimum atomic E-state index is 0.646. The Bertz CT molecular complexity index is 218. The molecule has 1 N–H and O–H groups in total. The molecule has 0 aromatic heterocycles. The zero-order valence-electron chi connectivity index (χ0n) is 12.1.